The van der Waals surface area contributed by atoms with Crippen molar-refractivity contribution < 1.29 is 13.2 Å². The van der Waals surface area contributed by atoms with Crippen LogP contribution >= 0.6 is 15.9 Å². The van der Waals surface area contributed by atoms with Crippen molar-refractivity contribution in [1.29, 1.82) is 0 Å². The van der Waals surface area contributed by atoms with Crippen molar-refractivity contribution in [1.82, 2.24) is 4.72 Å². The Morgan fingerprint density at radius 2 is 2.20 bits per heavy atom. The quantitative estimate of drug-likeness (QED) is 0.540. The summed E-state index contributed by atoms with van der Waals surface area (Å²) >= 11 is 3.48. The Hall–Kier alpha value is 0.350. The van der Waals surface area contributed by atoms with Crippen molar-refractivity contribution in [2.75, 3.05) is 25.5 Å². The molecule has 0 heterocycles. The summed E-state index contributed by atoms with van der Waals surface area (Å²) in [7, 11) is -3.16. The molecule has 0 radical (unpaired) electrons. The third-order valence-corrected chi connectivity index (χ3v) is 4.71. The van der Waals surface area contributed by atoms with E-state index in [2.05, 4.69) is 20.7 Å². The summed E-state index contributed by atoms with van der Waals surface area (Å²) in [5.41, 5.74) is 0. The minimum atomic E-state index is -3.16. The number of rotatable bonds is 8. The Morgan fingerprint density at radius 3 is 2.73 bits per heavy atom. The summed E-state index contributed by atoms with van der Waals surface area (Å²) in [5, 5.41) is 0. The van der Waals surface area contributed by atoms with Crippen LogP contribution in [-0.2, 0) is 14.8 Å². The highest BCUT2D eigenvalue weighted by molar-refractivity contribution is 9.09. The molecule has 1 saturated carbocycles. The van der Waals surface area contributed by atoms with E-state index in [4.69, 9.17) is 4.74 Å². The molecule has 4 nitrogen and oxygen atoms in total. The van der Waals surface area contributed by atoms with Crippen molar-refractivity contribution in [3.63, 3.8) is 0 Å². The van der Waals surface area contributed by atoms with Crippen molar-refractivity contribution in [3.8, 4) is 0 Å². The number of halogens is 1. The van der Waals surface area contributed by atoms with E-state index in [1.165, 1.54) is 12.8 Å². The first-order valence-corrected chi connectivity index (χ1v) is 7.81. The van der Waals surface area contributed by atoms with E-state index in [1.54, 1.807) is 0 Å². The number of ether oxygens (including phenoxy) is 1. The summed E-state index contributed by atoms with van der Waals surface area (Å²) in [5.74, 6) is 0.699. The molecule has 0 aromatic carbocycles. The highest BCUT2D eigenvalue weighted by Crippen LogP contribution is 2.36. The van der Waals surface area contributed by atoms with Gasteiger partial charge in [-0.2, -0.15) is 0 Å². The highest BCUT2D eigenvalue weighted by atomic mass is 79.9. The maximum Gasteiger partial charge on any atom is 0.213 e. The number of alkyl halides is 1. The molecule has 0 aliphatic heterocycles. The molecule has 1 fully saturated rings. The molecule has 90 valence electrons. The molecule has 1 rings (SSSR count). The van der Waals surface area contributed by atoms with Crippen molar-refractivity contribution in [2.24, 2.45) is 5.92 Å². The minimum absolute atomic E-state index is 0.0469. The largest absolute Gasteiger partial charge is 0.381 e. The van der Waals surface area contributed by atoms with Crippen molar-refractivity contribution >= 4 is 26.0 Å². The maximum absolute atomic E-state index is 11.4. The second-order valence-electron chi connectivity index (χ2n) is 3.72. The summed E-state index contributed by atoms with van der Waals surface area (Å²) in [6, 6.07) is 0. The van der Waals surface area contributed by atoms with Crippen LogP contribution in [0, 0.1) is 5.92 Å². The predicted molar refractivity (Wildman–Crippen MR) is 63.7 cm³/mol. The Balaban J connectivity index is 2.16. The average molecular weight is 300 g/mol. The van der Waals surface area contributed by atoms with Gasteiger partial charge in [-0.3, -0.25) is 0 Å². The van der Waals surface area contributed by atoms with Gasteiger partial charge in [0, 0.05) is 18.0 Å². The molecular weight excluding hydrogens is 282 g/mol. The van der Waals surface area contributed by atoms with Crippen LogP contribution < -0.4 is 4.72 Å². The Labute approximate surface area is 99.9 Å². The van der Waals surface area contributed by atoms with E-state index in [0.29, 0.717) is 19.1 Å². The Morgan fingerprint density at radius 1 is 1.53 bits per heavy atom. The monoisotopic (exact) mass is 299 g/mol. The molecule has 0 aromatic rings. The van der Waals surface area contributed by atoms with Crippen LogP contribution in [-0.4, -0.2) is 38.8 Å². The van der Waals surface area contributed by atoms with Crippen molar-refractivity contribution in [2.45, 2.75) is 24.6 Å². The second kappa shape index (κ2) is 6.18. The molecule has 1 atom stereocenters. The number of sulfonamides is 1. The van der Waals surface area contributed by atoms with Gasteiger partial charge in [0.15, 0.2) is 0 Å². The molecule has 0 bridgehead atoms. The van der Waals surface area contributed by atoms with Gasteiger partial charge in [0.25, 0.3) is 0 Å². The zero-order valence-electron chi connectivity index (χ0n) is 8.91. The number of nitrogens with one attached hydrogen (secondary N) is 1. The van der Waals surface area contributed by atoms with Crippen LogP contribution in [0.25, 0.3) is 0 Å². The third kappa shape index (κ3) is 5.85. The first-order valence-electron chi connectivity index (χ1n) is 5.24. The molecule has 15 heavy (non-hydrogen) atoms. The van der Waals surface area contributed by atoms with E-state index < -0.39 is 10.0 Å². The minimum Gasteiger partial charge on any atom is -0.381 e. The van der Waals surface area contributed by atoms with Crippen LogP contribution in [0.5, 0.6) is 0 Å². The van der Waals surface area contributed by atoms with Gasteiger partial charge >= 0.3 is 0 Å². The maximum atomic E-state index is 11.4. The molecule has 0 spiro atoms. The molecule has 6 heteroatoms. The Kier molecular flexibility index (Phi) is 5.52. The normalized spacial score (nSPS) is 19.1. The van der Waals surface area contributed by atoms with Crippen LogP contribution in [0.1, 0.15) is 19.8 Å². The topological polar surface area (TPSA) is 55.4 Å². The molecule has 1 aliphatic rings. The lowest BCUT2D eigenvalue weighted by molar-refractivity contribution is 0.163. The van der Waals surface area contributed by atoms with Crippen molar-refractivity contribution in [3.05, 3.63) is 0 Å². The van der Waals surface area contributed by atoms with Gasteiger partial charge < -0.3 is 4.74 Å². The highest BCUT2D eigenvalue weighted by Gasteiger charge is 2.29. The third-order valence-electron chi connectivity index (χ3n) is 2.33. The van der Waals surface area contributed by atoms with Gasteiger partial charge in [-0.15, -0.1) is 0 Å². The summed E-state index contributed by atoms with van der Waals surface area (Å²) in [6.45, 7) is 3.15. The van der Waals surface area contributed by atoms with E-state index in [0.717, 1.165) is 0 Å². The van der Waals surface area contributed by atoms with E-state index >= 15 is 0 Å². The lowest BCUT2D eigenvalue weighted by Crippen LogP contribution is -2.33. The fraction of sp³-hybridized carbons (Fsp3) is 1.00. The molecular formula is C9H18BrNO3S. The molecule has 1 N–H and O–H groups in total. The van der Waals surface area contributed by atoms with Gasteiger partial charge in [0.2, 0.25) is 10.0 Å². The zero-order chi connectivity index (χ0) is 11.3. The van der Waals surface area contributed by atoms with Crippen LogP contribution in [0.3, 0.4) is 0 Å². The number of hydrogen-bond donors (Lipinski definition) is 1. The van der Waals surface area contributed by atoms with Gasteiger partial charge in [0.05, 0.1) is 12.4 Å². The van der Waals surface area contributed by atoms with Gasteiger partial charge in [-0.25, -0.2) is 13.1 Å². The summed E-state index contributed by atoms with van der Waals surface area (Å²) in [6.07, 6.45) is 2.41. The lowest BCUT2D eigenvalue weighted by Gasteiger charge is -2.10. The molecule has 1 aliphatic carbocycles. The molecule has 0 saturated heterocycles. The standard InChI is InChI=1S/C9H18BrNO3S/c1-2-14-5-6-15(12,13)11-7-9(10)8-3-4-8/h8-9,11H,2-7H2,1H3. The predicted octanol–water partition coefficient (Wildman–Crippen LogP) is 1.12. The lowest BCUT2D eigenvalue weighted by atomic mass is 10.3. The van der Waals surface area contributed by atoms with Crippen LogP contribution in [0.4, 0.5) is 0 Å². The Bertz CT molecular complexity index is 277. The average Bonchev–Trinajstić information content (AvgIpc) is 2.98. The van der Waals surface area contributed by atoms with E-state index in [1.807, 2.05) is 6.92 Å². The molecule has 0 amide bonds. The van der Waals surface area contributed by atoms with Crippen LogP contribution in [0.2, 0.25) is 0 Å². The van der Waals surface area contributed by atoms with E-state index in [-0.39, 0.29) is 17.2 Å². The summed E-state index contributed by atoms with van der Waals surface area (Å²) in [4.78, 5) is 0.277. The molecule has 0 aromatic heterocycles. The fourth-order valence-electron chi connectivity index (χ4n) is 1.22. The summed E-state index contributed by atoms with van der Waals surface area (Å²) < 4.78 is 30.5. The van der Waals surface area contributed by atoms with Gasteiger partial charge in [-0.05, 0) is 25.7 Å². The first-order chi connectivity index (χ1) is 7.05. The fourth-order valence-corrected chi connectivity index (χ4v) is 3.04. The van der Waals surface area contributed by atoms with E-state index in [9.17, 15) is 8.42 Å². The number of hydrogen-bond acceptors (Lipinski definition) is 3. The smallest absolute Gasteiger partial charge is 0.213 e. The molecule has 1 unspecified atom stereocenters. The second-order valence-corrected chi connectivity index (χ2v) is 6.82. The van der Waals surface area contributed by atoms with Crippen LogP contribution in [0.15, 0.2) is 0 Å². The SMILES string of the molecule is CCOCCS(=O)(=O)NCC(Br)C1CC1. The zero-order valence-corrected chi connectivity index (χ0v) is 11.3. The van der Waals surface area contributed by atoms with Gasteiger partial charge in [0.1, 0.15) is 0 Å². The van der Waals surface area contributed by atoms with Gasteiger partial charge in [-0.1, -0.05) is 15.9 Å². The first kappa shape index (κ1) is 13.4.